The van der Waals surface area contributed by atoms with Crippen LogP contribution in [-0.2, 0) is 0 Å². The quantitative estimate of drug-likeness (QED) is 0.553. The maximum absolute atomic E-state index is 11.7. The van der Waals surface area contributed by atoms with Gasteiger partial charge in [-0.2, -0.15) is 0 Å². The van der Waals surface area contributed by atoms with Gasteiger partial charge >= 0.3 is 0 Å². The molecule has 0 atom stereocenters. The number of rotatable bonds is 6. The topological polar surface area (TPSA) is 81.6 Å². The molecule has 0 bridgehead atoms. The number of carbonyl (C=O) groups excluding carboxylic acids is 1. The second-order valence-electron chi connectivity index (χ2n) is 3.68. The monoisotopic (exact) mass is 238 g/mol. The van der Waals surface area contributed by atoms with Crippen LogP contribution in [-0.4, -0.2) is 35.8 Å². The van der Waals surface area contributed by atoms with Crippen LogP contribution in [0.2, 0.25) is 0 Å². The Morgan fingerprint density at radius 2 is 1.82 bits per heavy atom. The summed E-state index contributed by atoms with van der Waals surface area (Å²) >= 11 is 0. The summed E-state index contributed by atoms with van der Waals surface area (Å²) in [4.78, 5) is 11.7. The van der Waals surface area contributed by atoms with Gasteiger partial charge in [-0.05, 0) is 25.1 Å². The molecule has 0 spiro atoms. The van der Waals surface area contributed by atoms with Crippen LogP contribution in [0.25, 0.3) is 0 Å². The first-order valence-electron chi connectivity index (χ1n) is 5.66. The molecule has 4 N–H and O–H groups in total. The van der Waals surface area contributed by atoms with Crippen LogP contribution in [0.3, 0.4) is 0 Å². The van der Waals surface area contributed by atoms with E-state index in [0.29, 0.717) is 13.1 Å². The fourth-order valence-electron chi connectivity index (χ4n) is 1.42. The molecule has 0 fully saturated rings. The molecule has 0 aliphatic heterocycles. The Kier molecular flexibility index (Phi) is 5.29. The van der Waals surface area contributed by atoms with Crippen molar-refractivity contribution in [2.75, 3.05) is 19.6 Å². The summed E-state index contributed by atoms with van der Waals surface area (Å²) in [5.41, 5.74) is -0.0806. The van der Waals surface area contributed by atoms with Crippen LogP contribution in [0.5, 0.6) is 11.5 Å². The van der Waals surface area contributed by atoms with Crippen molar-refractivity contribution < 1.29 is 15.0 Å². The van der Waals surface area contributed by atoms with Crippen LogP contribution in [0, 0.1) is 0 Å². The molecule has 94 valence electrons. The molecule has 0 saturated heterocycles. The first-order valence-corrected chi connectivity index (χ1v) is 5.66. The van der Waals surface area contributed by atoms with Crippen molar-refractivity contribution in [1.29, 1.82) is 0 Å². The molecular formula is C12H18N2O3. The van der Waals surface area contributed by atoms with E-state index in [2.05, 4.69) is 17.6 Å². The molecule has 0 aromatic heterocycles. The average Bonchev–Trinajstić information content (AvgIpc) is 2.28. The van der Waals surface area contributed by atoms with Crippen LogP contribution < -0.4 is 10.6 Å². The number of carbonyl (C=O) groups is 1. The molecule has 0 aliphatic carbocycles. The van der Waals surface area contributed by atoms with E-state index in [4.69, 9.17) is 0 Å². The Morgan fingerprint density at radius 3 is 2.41 bits per heavy atom. The first-order chi connectivity index (χ1) is 8.16. The zero-order valence-corrected chi connectivity index (χ0v) is 9.86. The van der Waals surface area contributed by atoms with Gasteiger partial charge in [0.2, 0.25) is 0 Å². The van der Waals surface area contributed by atoms with Crippen molar-refractivity contribution in [1.82, 2.24) is 10.6 Å². The number of amides is 1. The Hall–Kier alpha value is -1.75. The minimum absolute atomic E-state index is 0.0806. The lowest BCUT2D eigenvalue weighted by atomic mass is 10.1. The highest BCUT2D eigenvalue weighted by Gasteiger charge is 2.14. The molecular weight excluding hydrogens is 220 g/mol. The van der Waals surface area contributed by atoms with E-state index in [0.717, 1.165) is 13.0 Å². The highest BCUT2D eigenvalue weighted by Crippen LogP contribution is 2.25. The zero-order valence-electron chi connectivity index (χ0n) is 9.86. The summed E-state index contributed by atoms with van der Waals surface area (Å²) < 4.78 is 0. The van der Waals surface area contributed by atoms with E-state index in [1.54, 1.807) is 0 Å². The molecule has 1 rings (SSSR count). The lowest BCUT2D eigenvalue weighted by Gasteiger charge is -2.08. The number of aromatic hydroxyl groups is 2. The number of phenolic OH excluding ortho intramolecular Hbond substituents is 2. The lowest BCUT2D eigenvalue weighted by molar-refractivity contribution is 0.0948. The van der Waals surface area contributed by atoms with Gasteiger partial charge in [0.1, 0.15) is 17.1 Å². The molecule has 0 radical (unpaired) electrons. The maximum Gasteiger partial charge on any atom is 0.258 e. The van der Waals surface area contributed by atoms with E-state index in [1.807, 2.05) is 0 Å². The Balaban J connectivity index is 2.47. The number of phenols is 2. The van der Waals surface area contributed by atoms with Gasteiger partial charge in [0.05, 0.1) is 0 Å². The SMILES string of the molecule is CCCNCCNC(=O)c1c(O)cccc1O. The lowest BCUT2D eigenvalue weighted by Crippen LogP contribution is -2.32. The molecule has 1 aromatic rings. The molecule has 0 unspecified atom stereocenters. The van der Waals surface area contributed by atoms with Gasteiger partial charge in [-0.1, -0.05) is 13.0 Å². The Bertz CT molecular complexity index is 360. The molecule has 0 heterocycles. The van der Waals surface area contributed by atoms with Crippen molar-refractivity contribution in [2.45, 2.75) is 13.3 Å². The van der Waals surface area contributed by atoms with Gasteiger partial charge in [-0.15, -0.1) is 0 Å². The summed E-state index contributed by atoms with van der Waals surface area (Å²) in [6, 6.07) is 4.21. The number of hydrogen-bond acceptors (Lipinski definition) is 4. The van der Waals surface area contributed by atoms with Gasteiger partial charge < -0.3 is 20.8 Å². The minimum Gasteiger partial charge on any atom is -0.507 e. The van der Waals surface area contributed by atoms with Crippen molar-refractivity contribution in [3.8, 4) is 11.5 Å². The van der Waals surface area contributed by atoms with Crippen molar-refractivity contribution >= 4 is 5.91 Å². The third-order valence-electron chi connectivity index (χ3n) is 2.26. The number of hydrogen-bond donors (Lipinski definition) is 4. The van der Waals surface area contributed by atoms with Crippen molar-refractivity contribution in [3.63, 3.8) is 0 Å². The van der Waals surface area contributed by atoms with Crippen LogP contribution in [0.1, 0.15) is 23.7 Å². The molecule has 1 amide bonds. The number of benzene rings is 1. The summed E-state index contributed by atoms with van der Waals surface area (Å²) in [6.45, 7) is 4.07. The molecule has 17 heavy (non-hydrogen) atoms. The van der Waals surface area contributed by atoms with E-state index in [1.165, 1.54) is 18.2 Å². The zero-order chi connectivity index (χ0) is 12.7. The molecule has 1 aromatic carbocycles. The highest BCUT2D eigenvalue weighted by molar-refractivity contribution is 5.99. The van der Waals surface area contributed by atoms with E-state index < -0.39 is 5.91 Å². The fourth-order valence-corrected chi connectivity index (χ4v) is 1.42. The normalized spacial score (nSPS) is 10.2. The second-order valence-corrected chi connectivity index (χ2v) is 3.68. The first kappa shape index (κ1) is 13.3. The largest absolute Gasteiger partial charge is 0.507 e. The maximum atomic E-state index is 11.7. The van der Waals surface area contributed by atoms with E-state index in [-0.39, 0.29) is 17.1 Å². The average molecular weight is 238 g/mol. The summed E-state index contributed by atoms with van der Waals surface area (Å²) in [5.74, 6) is -0.910. The van der Waals surface area contributed by atoms with E-state index in [9.17, 15) is 15.0 Å². The fraction of sp³-hybridized carbons (Fsp3) is 0.417. The minimum atomic E-state index is -0.473. The third kappa shape index (κ3) is 3.96. The van der Waals surface area contributed by atoms with Crippen LogP contribution in [0.4, 0.5) is 0 Å². The molecule has 0 aliphatic rings. The standard InChI is InChI=1S/C12H18N2O3/c1-2-6-13-7-8-14-12(17)11-9(15)4-3-5-10(11)16/h3-5,13,15-16H,2,6-8H2,1H3,(H,14,17). The summed E-state index contributed by atoms with van der Waals surface area (Å²) in [5, 5.41) is 24.7. The van der Waals surface area contributed by atoms with Crippen molar-refractivity contribution in [3.05, 3.63) is 23.8 Å². The third-order valence-corrected chi connectivity index (χ3v) is 2.26. The number of nitrogens with one attached hydrogen (secondary N) is 2. The Labute approximate surface area is 100 Å². The van der Waals surface area contributed by atoms with Gasteiger partial charge in [-0.3, -0.25) is 4.79 Å². The second kappa shape index (κ2) is 6.75. The predicted octanol–water partition coefficient (Wildman–Crippen LogP) is 0.827. The molecule has 5 heteroatoms. The van der Waals surface area contributed by atoms with Gasteiger partial charge in [0, 0.05) is 13.1 Å². The molecule has 5 nitrogen and oxygen atoms in total. The van der Waals surface area contributed by atoms with Gasteiger partial charge in [0.15, 0.2) is 0 Å². The smallest absolute Gasteiger partial charge is 0.258 e. The molecule has 0 saturated carbocycles. The van der Waals surface area contributed by atoms with Gasteiger partial charge in [0.25, 0.3) is 5.91 Å². The highest BCUT2D eigenvalue weighted by atomic mass is 16.3. The Morgan fingerprint density at radius 1 is 1.18 bits per heavy atom. The summed E-state index contributed by atoms with van der Waals surface area (Å²) in [6.07, 6.45) is 1.04. The van der Waals surface area contributed by atoms with E-state index >= 15 is 0 Å². The predicted molar refractivity (Wildman–Crippen MR) is 65.3 cm³/mol. The van der Waals surface area contributed by atoms with Crippen LogP contribution >= 0.6 is 0 Å². The van der Waals surface area contributed by atoms with Crippen LogP contribution in [0.15, 0.2) is 18.2 Å². The van der Waals surface area contributed by atoms with Gasteiger partial charge in [-0.25, -0.2) is 0 Å². The van der Waals surface area contributed by atoms with Crippen molar-refractivity contribution in [2.24, 2.45) is 0 Å². The summed E-state index contributed by atoms with van der Waals surface area (Å²) in [7, 11) is 0.